The monoisotopic (exact) mass is 306 g/mol. The van der Waals surface area contributed by atoms with Gasteiger partial charge in [-0.3, -0.25) is 9.48 Å². The van der Waals surface area contributed by atoms with Crippen LogP contribution in [0.5, 0.6) is 0 Å². The smallest absolute Gasteiger partial charge is 0.255 e. The van der Waals surface area contributed by atoms with Crippen LogP contribution in [0.15, 0.2) is 30.5 Å². The predicted molar refractivity (Wildman–Crippen MR) is 84.3 cm³/mol. The van der Waals surface area contributed by atoms with Crippen LogP contribution >= 0.6 is 11.6 Å². The standard InChI is InChI=1S/C15H19ClN4O/c1-15(2,17)9-18-14(21)11-8-20(3)19-13(11)10-6-4-5-7-12(10)16/h4-8H,9,17H2,1-3H3,(H,18,21). The second-order valence-corrected chi connectivity index (χ2v) is 6.12. The summed E-state index contributed by atoms with van der Waals surface area (Å²) in [5, 5.41) is 7.73. The van der Waals surface area contributed by atoms with Crippen LogP contribution in [0.1, 0.15) is 24.2 Å². The lowest BCUT2D eigenvalue weighted by atomic mass is 10.1. The molecular formula is C15H19ClN4O. The molecule has 0 aliphatic heterocycles. The molecule has 0 radical (unpaired) electrons. The molecule has 1 heterocycles. The number of aromatic nitrogens is 2. The Kier molecular flexibility index (Phi) is 4.34. The van der Waals surface area contributed by atoms with Crippen molar-refractivity contribution in [2.45, 2.75) is 19.4 Å². The molecule has 5 nitrogen and oxygen atoms in total. The average molecular weight is 307 g/mol. The van der Waals surface area contributed by atoms with Crippen molar-refractivity contribution in [2.24, 2.45) is 12.8 Å². The summed E-state index contributed by atoms with van der Waals surface area (Å²) in [6, 6.07) is 7.32. The maximum Gasteiger partial charge on any atom is 0.255 e. The lowest BCUT2D eigenvalue weighted by Crippen LogP contribution is -2.45. The van der Waals surface area contributed by atoms with Gasteiger partial charge < -0.3 is 11.1 Å². The number of carbonyl (C=O) groups excluding carboxylic acids is 1. The highest BCUT2D eigenvalue weighted by atomic mass is 35.5. The Morgan fingerprint density at radius 3 is 2.71 bits per heavy atom. The number of amides is 1. The molecule has 6 heteroatoms. The van der Waals surface area contributed by atoms with Gasteiger partial charge in [-0.2, -0.15) is 5.10 Å². The molecule has 1 amide bonds. The highest BCUT2D eigenvalue weighted by molar-refractivity contribution is 6.33. The lowest BCUT2D eigenvalue weighted by Gasteiger charge is -2.18. The van der Waals surface area contributed by atoms with Crippen LogP contribution in [0.25, 0.3) is 11.3 Å². The van der Waals surface area contributed by atoms with Crippen LogP contribution in [-0.2, 0) is 7.05 Å². The first-order valence-corrected chi connectivity index (χ1v) is 7.01. The summed E-state index contributed by atoms with van der Waals surface area (Å²) in [5.41, 5.74) is 7.19. The van der Waals surface area contributed by atoms with Crippen molar-refractivity contribution in [3.8, 4) is 11.3 Å². The van der Waals surface area contributed by atoms with E-state index in [4.69, 9.17) is 17.3 Å². The molecule has 2 rings (SSSR count). The van der Waals surface area contributed by atoms with Gasteiger partial charge in [0.1, 0.15) is 5.69 Å². The molecule has 1 aromatic heterocycles. The van der Waals surface area contributed by atoms with Crippen LogP contribution in [0, 0.1) is 0 Å². The molecule has 2 aromatic rings. The van der Waals surface area contributed by atoms with E-state index >= 15 is 0 Å². The van der Waals surface area contributed by atoms with Crippen LogP contribution in [0.4, 0.5) is 0 Å². The normalized spacial score (nSPS) is 11.5. The summed E-state index contributed by atoms with van der Waals surface area (Å²) in [6.07, 6.45) is 1.68. The van der Waals surface area contributed by atoms with Gasteiger partial charge in [-0.25, -0.2) is 0 Å². The van der Waals surface area contributed by atoms with Crippen LogP contribution in [0.2, 0.25) is 5.02 Å². The van der Waals surface area contributed by atoms with Crippen molar-refractivity contribution in [3.05, 3.63) is 41.0 Å². The van der Waals surface area contributed by atoms with Gasteiger partial charge in [0, 0.05) is 30.9 Å². The number of hydrogen-bond acceptors (Lipinski definition) is 3. The van der Waals surface area contributed by atoms with Crippen LogP contribution in [-0.4, -0.2) is 27.8 Å². The minimum absolute atomic E-state index is 0.212. The molecule has 0 fully saturated rings. The zero-order valence-electron chi connectivity index (χ0n) is 12.4. The fourth-order valence-corrected chi connectivity index (χ4v) is 2.14. The van der Waals surface area contributed by atoms with Crippen molar-refractivity contribution in [2.75, 3.05) is 6.54 Å². The van der Waals surface area contributed by atoms with Gasteiger partial charge in [0.15, 0.2) is 0 Å². The molecule has 21 heavy (non-hydrogen) atoms. The van der Waals surface area contributed by atoms with Crippen molar-refractivity contribution < 1.29 is 4.79 Å². The van der Waals surface area contributed by atoms with E-state index in [1.54, 1.807) is 24.0 Å². The number of carbonyl (C=O) groups is 1. The Hall–Kier alpha value is -1.85. The van der Waals surface area contributed by atoms with E-state index in [1.807, 2.05) is 32.0 Å². The summed E-state index contributed by atoms with van der Waals surface area (Å²) >= 11 is 6.19. The van der Waals surface area contributed by atoms with E-state index in [9.17, 15) is 4.79 Å². The van der Waals surface area contributed by atoms with Gasteiger partial charge in [-0.05, 0) is 19.9 Å². The Balaban J connectivity index is 2.34. The zero-order valence-corrected chi connectivity index (χ0v) is 13.1. The molecule has 112 valence electrons. The summed E-state index contributed by atoms with van der Waals surface area (Å²) in [6.45, 7) is 4.08. The predicted octanol–water partition coefficient (Wildman–Crippen LogP) is 2.21. The van der Waals surface area contributed by atoms with E-state index < -0.39 is 5.54 Å². The highest BCUT2D eigenvalue weighted by Gasteiger charge is 2.20. The van der Waals surface area contributed by atoms with Crippen molar-refractivity contribution in [1.29, 1.82) is 0 Å². The summed E-state index contributed by atoms with van der Waals surface area (Å²) in [5.74, 6) is -0.212. The minimum atomic E-state index is -0.470. The van der Waals surface area contributed by atoms with Gasteiger partial charge in [-0.15, -0.1) is 0 Å². The Morgan fingerprint density at radius 1 is 1.43 bits per heavy atom. The number of benzene rings is 1. The third kappa shape index (κ3) is 3.83. The molecule has 0 aliphatic carbocycles. The molecule has 1 aromatic carbocycles. The Morgan fingerprint density at radius 2 is 2.10 bits per heavy atom. The summed E-state index contributed by atoms with van der Waals surface area (Å²) < 4.78 is 1.60. The van der Waals surface area contributed by atoms with Gasteiger partial charge in [0.2, 0.25) is 0 Å². The summed E-state index contributed by atoms with van der Waals surface area (Å²) in [7, 11) is 1.77. The van der Waals surface area contributed by atoms with E-state index in [1.165, 1.54) is 0 Å². The number of nitrogens with two attached hydrogens (primary N) is 1. The first-order valence-electron chi connectivity index (χ1n) is 6.63. The van der Waals surface area contributed by atoms with Crippen LogP contribution < -0.4 is 11.1 Å². The second-order valence-electron chi connectivity index (χ2n) is 5.72. The fourth-order valence-electron chi connectivity index (χ4n) is 1.91. The second kappa shape index (κ2) is 5.87. The molecule has 0 saturated heterocycles. The number of nitrogens with one attached hydrogen (secondary N) is 1. The molecule has 0 saturated carbocycles. The third-order valence-corrected chi connectivity index (χ3v) is 3.24. The van der Waals surface area contributed by atoms with Crippen molar-refractivity contribution >= 4 is 17.5 Å². The molecule has 0 unspecified atom stereocenters. The maximum absolute atomic E-state index is 12.3. The first kappa shape index (κ1) is 15.5. The van der Waals surface area contributed by atoms with Crippen molar-refractivity contribution in [1.82, 2.24) is 15.1 Å². The van der Waals surface area contributed by atoms with E-state index in [-0.39, 0.29) is 5.91 Å². The lowest BCUT2D eigenvalue weighted by molar-refractivity contribution is 0.0946. The number of nitrogens with zero attached hydrogens (tertiary/aromatic N) is 2. The van der Waals surface area contributed by atoms with Gasteiger partial charge in [0.25, 0.3) is 5.91 Å². The fraction of sp³-hybridized carbons (Fsp3) is 0.333. The van der Waals surface area contributed by atoms with Gasteiger partial charge >= 0.3 is 0 Å². The topological polar surface area (TPSA) is 72.9 Å². The zero-order chi connectivity index (χ0) is 15.6. The molecule has 0 aliphatic rings. The summed E-state index contributed by atoms with van der Waals surface area (Å²) in [4.78, 5) is 12.3. The quantitative estimate of drug-likeness (QED) is 0.909. The van der Waals surface area contributed by atoms with Crippen molar-refractivity contribution in [3.63, 3.8) is 0 Å². The molecule has 0 bridgehead atoms. The van der Waals surface area contributed by atoms with Gasteiger partial charge in [0.05, 0.1) is 10.6 Å². The molecule has 3 N–H and O–H groups in total. The van der Waals surface area contributed by atoms with E-state index in [0.29, 0.717) is 22.8 Å². The Bertz CT molecular complexity index is 658. The highest BCUT2D eigenvalue weighted by Crippen LogP contribution is 2.28. The number of aryl methyl sites for hydroxylation is 1. The SMILES string of the molecule is Cn1cc(C(=O)NCC(C)(C)N)c(-c2ccccc2Cl)n1. The molecule has 0 atom stereocenters. The minimum Gasteiger partial charge on any atom is -0.350 e. The molecule has 0 spiro atoms. The Labute approximate surface area is 129 Å². The van der Waals surface area contributed by atoms with Gasteiger partial charge in [-0.1, -0.05) is 29.8 Å². The number of halogens is 1. The van der Waals surface area contributed by atoms with E-state index in [2.05, 4.69) is 10.4 Å². The molecular weight excluding hydrogens is 288 g/mol. The maximum atomic E-state index is 12.3. The van der Waals surface area contributed by atoms with E-state index in [0.717, 1.165) is 5.56 Å². The third-order valence-electron chi connectivity index (χ3n) is 2.91. The largest absolute Gasteiger partial charge is 0.350 e. The number of rotatable bonds is 4. The van der Waals surface area contributed by atoms with Crippen LogP contribution in [0.3, 0.4) is 0 Å². The average Bonchev–Trinajstić information content (AvgIpc) is 2.77. The first-order chi connectivity index (χ1) is 9.78. The number of hydrogen-bond donors (Lipinski definition) is 2.